The molecule has 2 unspecified atom stereocenters. The molecule has 2 N–H and O–H groups in total. The molecule has 3 rings (SSSR count). The average Bonchev–Trinajstić information content (AvgIpc) is 3.27. The Labute approximate surface area is 182 Å². The lowest BCUT2D eigenvalue weighted by Gasteiger charge is -2.21. The topological polar surface area (TPSA) is 48.9 Å². The second-order valence-electron chi connectivity index (χ2n) is 6.71. The first-order valence-electron chi connectivity index (χ1n) is 9.42. The minimum Gasteiger partial charge on any atom is -0.378 e. The van der Waals surface area contributed by atoms with Crippen LogP contribution < -0.4 is 15.5 Å². The highest BCUT2D eigenvalue weighted by atomic mass is 127. The van der Waals surface area contributed by atoms with E-state index in [-0.39, 0.29) is 24.0 Å². The first-order chi connectivity index (χ1) is 12.3. The van der Waals surface area contributed by atoms with Gasteiger partial charge in [-0.1, -0.05) is 12.1 Å². The Morgan fingerprint density at radius 3 is 2.92 bits per heavy atom. The van der Waals surface area contributed by atoms with Crippen LogP contribution in [0.4, 0.5) is 5.69 Å². The molecule has 2 heterocycles. The summed E-state index contributed by atoms with van der Waals surface area (Å²) in [4.78, 5) is 7.17. The number of aliphatic imine (C=N–C) groups is 1. The van der Waals surface area contributed by atoms with Crippen LogP contribution in [0.1, 0.15) is 32.6 Å². The number of ether oxygens (including phenoxy) is 1. The van der Waals surface area contributed by atoms with Gasteiger partial charge in [0.25, 0.3) is 0 Å². The Morgan fingerprint density at radius 2 is 2.19 bits per heavy atom. The van der Waals surface area contributed by atoms with Crippen molar-refractivity contribution in [2.45, 2.75) is 44.8 Å². The Bertz CT molecular complexity index is 580. The molecule has 26 heavy (non-hydrogen) atoms. The minimum absolute atomic E-state index is 0. The van der Waals surface area contributed by atoms with E-state index in [0.29, 0.717) is 12.1 Å². The van der Waals surface area contributed by atoms with Crippen LogP contribution in [0.15, 0.2) is 33.7 Å². The van der Waals surface area contributed by atoms with Crippen LogP contribution >= 0.6 is 39.9 Å². The van der Waals surface area contributed by atoms with Crippen molar-refractivity contribution in [3.8, 4) is 0 Å². The number of halogens is 2. The highest BCUT2D eigenvalue weighted by molar-refractivity contribution is 14.0. The third-order valence-corrected chi connectivity index (χ3v) is 5.48. The summed E-state index contributed by atoms with van der Waals surface area (Å²) in [6.07, 6.45) is 4.92. The Balaban J connectivity index is 0.00000243. The van der Waals surface area contributed by atoms with Gasteiger partial charge < -0.3 is 20.3 Å². The Kier molecular flexibility index (Phi) is 9.49. The standard InChI is InChI=1S/C19H29BrN4O.HI/c1-2-21-19(22-11-9-16-6-5-13-25-16)23-15-10-12-24(14-15)18-8-4-3-7-17(18)20;/h3-4,7-8,15-16H,2,5-6,9-14H2,1H3,(H2,21,22,23);1H. The summed E-state index contributed by atoms with van der Waals surface area (Å²) in [5.74, 6) is 0.930. The summed E-state index contributed by atoms with van der Waals surface area (Å²) in [5.41, 5.74) is 1.27. The van der Waals surface area contributed by atoms with E-state index < -0.39 is 0 Å². The molecule has 5 nitrogen and oxygen atoms in total. The fourth-order valence-corrected chi connectivity index (χ4v) is 4.05. The van der Waals surface area contributed by atoms with Crippen molar-refractivity contribution in [1.82, 2.24) is 10.6 Å². The number of nitrogens with zero attached hydrogens (tertiary/aromatic N) is 2. The first kappa shape index (κ1) is 21.8. The van der Waals surface area contributed by atoms with Crippen LogP contribution in [0.5, 0.6) is 0 Å². The number of guanidine groups is 1. The maximum atomic E-state index is 5.68. The van der Waals surface area contributed by atoms with Crippen LogP contribution in [0, 0.1) is 0 Å². The molecule has 2 atom stereocenters. The lowest BCUT2D eigenvalue weighted by molar-refractivity contribution is 0.106. The van der Waals surface area contributed by atoms with E-state index in [1.54, 1.807) is 0 Å². The van der Waals surface area contributed by atoms with Gasteiger partial charge in [0.2, 0.25) is 0 Å². The zero-order chi connectivity index (χ0) is 17.5. The third-order valence-electron chi connectivity index (χ3n) is 4.81. The molecule has 0 aliphatic carbocycles. The minimum atomic E-state index is 0. The molecule has 0 aromatic heterocycles. The second kappa shape index (κ2) is 11.3. The van der Waals surface area contributed by atoms with E-state index in [9.17, 15) is 0 Å². The molecule has 1 aromatic carbocycles. The van der Waals surface area contributed by atoms with Gasteiger partial charge in [-0.3, -0.25) is 4.99 Å². The molecule has 2 fully saturated rings. The maximum absolute atomic E-state index is 5.68. The fourth-order valence-electron chi connectivity index (χ4n) is 3.51. The van der Waals surface area contributed by atoms with E-state index in [0.717, 1.165) is 56.1 Å². The molecule has 146 valence electrons. The molecular weight excluding hydrogens is 507 g/mol. The van der Waals surface area contributed by atoms with Crippen LogP contribution in [-0.4, -0.2) is 50.9 Å². The lowest BCUT2D eigenvalue weighted by atomic mass is 10.2. The fraction of sp³-hybridized carbons (Fsp3) is 0.632. The molecule has 0 spiro atoms. The summed E-state index contributed by atoms with van der Waals surface area (Å²) in [5, 5.41) is 6.97. The van der Waals surface area contributed by atoms with Crippen LogP contribution in [0.3, 0.4) is 0 Å². The zero-order valence-corrected chi connectivity index (χ0v) is 19.3. The van der Waals surface area contributed by atoms with Gasteiger partial charge in [-0.25, -0.2) is 0 Å². The van der Waals surface area contributed by atoms with Crippen molar-refractivity contribution < 1.29 is 4.74 Å². The first-order valence-corrected chi connectivity index (χ1v) is 10.2. The van der Waals surface area contributed by atoms with Crippen molar-refractivity contribution in [2.24, 2.45) is 4.99 Å². The van der Waals surface area contributed by atoms with Crippen LogP contribution in [-0.2, 0) is 4.74 Å². The van der Waals surface area contributed by atoms with Gasteiger partial charge in [0, 0.05) is 43.3 Å². The van der Waals surface area contributed by atoms with Crippen molar-refractivity contribution in [3.63, 3.8) is 0 Å². The summed E-state index contributed by atoms with van der Waals surface area (Å²) >= 11 is 3.66. The molecule has 0 saturated carbocycles. The third kappa shape index (κ3) is 6.27. The van der Waals surface area contributed by atoms with Crippen molar-refractivity contribution in [2.75, 3.05) is 37.7 Å². The number of anilines is 1. The second-order valence-corrected chi connectivity index (χ2v) is 7.57. The lowest BCUT2D eigenvalue weighted by Crippen LogP contribution is -2.44. The summed E-state index contributed by atoms with van der Waals surface area (Å²) in [7, 11) is 0. The molecule has 2 aliphatic heterocycles. The van der Waals surface area contributed by atoms with E-state index in [1.807, 2.05) is 0 Å². The largest absolute Gasteiger partial charge is 0.378 e. The number of hydrogen-bond donors (Lipinski definition) is 2. The molecule has 7 heteroatoms. The summed E-state index contributed by atoms with van der Waals surface area (Å²) in [6.45, 7) is 6.79. The Morgan fingerprint density at radius 1 is 1.35 bits per heavy atom. The van der Waals surface area contributed by atoms with Gasteiger partial charge in [0.05, 0.1) is 11.8 Å². The van der Waals surface area contributed by atoms with E-state index in [1.165, 1.54) is 18.5 Å². The smallest absolute Gasteiger partial charge is 0.191 e. The highest BCUT2D eigenvalue weighted by Crippen LogP contribution is 2.28. The van der Waals surface area contributed by atoms with Gasteiger partial charge in [0.15, 0.2) is 5.96 Å². The van der Waals surface area contributed by atoms with Crippen molar-refractivity contribution in [3.05, 3.63) is 28.7 Å². The van der Waals surface area contributed by atoms with Gasteiger partial charge in [-0.15, -0.1) is 24.0 Å². The number of hydrogen-bond acceptors (Lipinski definition) is 3. The van der Waals surface area contributed by atoms with Crippen LogP contribution in [0.25, 0.3) is 0 Å². The molecule has 0 radical (unpaired) electrons. The number of nitrogens with one attached hydrogen (secondary N) is 2. The normalized spacial score (nSPS) is 23.0. The molecule has 0 amide bonds. The van der Waals surface area contributed by atoms with Crippen LogP contribution in [0.2, 0.25) is 0 Å². The summed E-state index contributed by atoms with van der Waals surface area (Å²) in [6, 6.07) is 8.86. The van der Waals surface area contributed by atoms with Gasteiger partial charge in [-0.05, 0) is 60.7 Å². The summed E-state index contributed by atoms with van der Waals surface area (Å²) < 4.78 is 6.84. The molecular formula is C19H30BrIN4O. The van der Waals surface area contributed by atoms with Crippen molar-refractivity contribution >= 4 is 51.6 Å². The highest BCUT2D eigenvalue weighted by Gasteiger charge is 2.24. The van der Waals surface area contributed by atoms with Crippen molar-refractivity contribution in [1.29, 1.82) is 0 Å². The Hall–Kier alpha value is -0.540. The monoisotopic (exact) mass is 536 g/mol. The van der Waals surface area contributed by atoms with E-state index in [2.05, 4.69) is 62.7 Å². The van der Waals surface area contributed by atoms with E-state index >= 15 is 0 Å². The molecule has 1 aromatic rings. The number of rotatable bonds is 6. The number of benzene rings is 1. The predicted octanol–water partition coefficient (Wildman–Crippen LogP) is 3.77. The maximum Gasteiger partial charge on any atom is 0.191 e. The molecule has 2 saturated heterocycles. The molecule has 0 bridgehead atoms. The SMILES string of the molecule is CCNC(=NCCC1CCCO1)NC1CCN(c2ccccc2Br)C1.I. The molecule has 2 aliphatic rings. The van der Waals surface area contributed by atoms with Gasteiger partial charge in [-0.2, -0.15) is 0 Å². The zero-order valence-electron chi connectivity index (χ0n) is 15.4. The van der Waals surface area contributed by atoms with Gasteiger partial charge in [0.1, 0.15) is 0 Å². The van der Waals surface area contributed by atoms with Gasteiger partial charge >= 0.3 is 0 Å². The quantitative estimate of drug-likeness (QED) is 0.330. The predicted molar refractivity (Wildman–Crippen MR) is 123 cm³/mol. The van der Waals surface area contributed by atoms with E-state index in [4.69, 9.17) is 9.73 Å². The number of para-hydroxylation sites is 1. The average molecular weight is 537 g/mol.